The maximum Gasteiger partial charge on any atom is 0.239 e. The van der Waals surface area contributed by atoms with Gasteiger partial charge in [0.15, 0.2) is 0 Å². The molecule has 0 fully saturated rings. The van der Waals surface area contributed by atoms with Gasteiger partial charge in [0, 0.05) is 23.9 Å². The fourth-order valence-electron chi connectivity index (χ4n) is 5.29. The summed E-state index contributed by atoms with van der Waals surface area (Å²) in [7, 11) is -0.266. The molecule has 2 aliphatic rings. The largest absolute Gasteiger partial charge is 0.493 e. The molecule has 0 amide bonds. The van der Waals surface area contributed by atoms with E-state index in [0.717, 1.165) is 28.1 Å². The summed E-state index contributed by atoms with van der Waals surface area (Å²) in [6.07, 6.45) is 0. The standard InChI is InChI=1S/C27H30N2O4S/c1-27(2)22-16-19(18-34(30,31)28(3)20-10-6-5-7-11-20)14-15-24(22)29(32-4)26-21-12-8-9-13-25(21)33-17-23(26)27/h5-16,23,26H,17-18H2,1-4H3. The van der Waals surface area contributed by atoms with Gasteiger partial charge in [-0.05, 0) is 35.4 Å². The molecule has 2 unspecified atom stereocenters. The topological polar surface area (TPSA) is 59.1 Å². The van der Waals surface area contributed by atoms with Crippen molar-refractivity contribution in [3.05, 3.63) is 89.5 Å². The van der Waals surface area contributed by atoms with E-state index in [1.54, 1.807) is 26.3 Å². The van der Waals surface area contributed by atoms with Crippen LogP contribution in [0.3, 0.4) is 0 Å². The number of hydrogen-bond donors (Lipinski definition) is 0. The van der Waals surface area contributed by atoms with Gasteiger partial charge in [-0.25, -0.2) is 13.5 Å². The smallest absolute Gasteiger partial charge is 0.239 e. The predicted molar refractivity (Wildman–Crippen MR) is 135 cm³/mol. The van der Waals surface area contributed by atoms with Crippen LogP contribution in [0.5, 0.6) is 5.75 Å². The highest BCUT2D eigenvalue weighted by Gasteiger charge is 2.50. The number of hydroxylamine groups is 1. The van der Waals surface area contributed by atoms with Crippen LogP contribution in [0.1, 0.15) is 36.6 Å². The Balaban J connectivity index is 1.53. The first-order chi connectivity index (χ1) is 16.2. The van der Waals surface area contributed by atoms with Crippen molar-refractivity contribution in [2.24, 2.45) is 5.92 Å². The minimum Gasteiger partial charge on any atom is -0.493 e. The summed E-state index contributed by atoms with van der Waals surface area (Å²) in [6, 6.07) is 23.2. The van der Waals surface area contributed by atoms with Crippen molar-refractivity contribution in [2.75, 3.05) is 30.1 Å². The third-order valence-corrected chi connectivity index (χ3v) is 9.04. The molecule has 2 atom stereocenters. The summed E-state index contributed by atoms with van der Waals surface area (Å²) >= 11 is 0. The molecule has 7 heteroatoms. The zero-order valence-electron chi connectivity index (χ0n) is 19.9. The minimum absolute atomic E-state index is 0.0104. The minimum atomic E-state index is -3.55. The van der Waals surface area contributed by atoms with Gasteiger partial charge >= 0.3 is 0 Å². The molecule has 5 rings (SSSR count). The van der Waals surface area contributed by atoms with Crippen LogP contribution in [0.15, 0.2) is 72.8 Å². The maximum atomic E-state index is 13.2. The molecule has 0 aliphatic carbocycles. The molecule has 0 radical (unpaired) electrons. The first kappa shape index (κ1) is 22.7. The van der Waals surface area contributed by atoms with Gasteiger partial charge in [-0.1, -0.05) is 62.4 Å². The van der Waals surface area contributed by atoms with Crippen molar-refractivity contribution in [3.8, 4) is 5.75 Å². The van der Waals surface area contributed by atoms with Crippen molar-refractivity contribution in [3.63, 3.8) is 0 Å². The molecule has 0 saturated carbocycles. The van der Waals surface area contributed by atoms with E-state index in [9.17, 15) is 8.42 Å². The summed E-state index contributed by atoms with van der Waals surface area (Å²) < 4.78 is 33.9. The molecular weight excluding hydrogens is 448 g/mol. The van der Waals surface area contributed by atoms with E-state index in [4.69, 9.17) is 9.57 Å². The van der Waals surface area contributed by atoms with E-state index in [-0.39, 0.29) is 23.1 Å². The van der Waals surface area contributed by atoms with Crippen LogP contribution in [-0.4, -0.2) is 29.2 Å². The van der Waals surface area contributed by atoms with Gasteiger partial charge in [-0.2, -0.15) is 0 Å². The highest BCUT2D eigenvalue weighted by molar-refractivity contribution is 7.92. The zero-order valence-corrected chi connectivity index (χ0v) is 20.7. The normalized spacial score (nSPS) is 20.5. The summed E-state index contributed by atoms with van der Waals surface area (Å²) in [4.78, 5) is 5.93. The van der Waals surface area contributed by atoms with E-state index in [0.29, 0.717) is 12.3 Å². The first-order valence-corrected chi connectivity index (χ1v) is 13.0. The van der Waals surface area contributed by atoms with E-state index in [1.807, 2.05) is 59.7 Å². The van der Waals surface area contributed by atoms with Gasteiger partial charge in [0.05, 0.1) is 36.9 Å². The highest BCUT2D eigenvalue weighted by Crippen LogP contribution is 2.55. The monoisotopic (exact) mass is 478 g/mol. The Morgan fingerprint density at radius 2 is 1.76 bits per heavy atom. The third-order valence-electron chi connectivity index (χ3n) is 7.29. The van der Waals surface area contributed by atoms with Crippen LogP contribution in [0, 0.1) is 5.92 Å². The number of hydrogen-bond acceptors (Lipinski definition) is 5. The van der Waals surface area contributed by atoms with Gasteiger partial charge in [-0.3, -0.25) is 9.14 Å². The number of rotatable bonds is 5. The number of anilines is 2. The van der Waals surface area contributed by atoms with E-state index >= 15 is 0 Å². The van der Waals surface area contributed by atoms with Crippen LogP contribution in [0.4, 0.5) is 11.4 Å². The van der Waals surface area contributed by atoms with Crippen molar-refractivity contribution >= 4 is 21.4 Å². The van der Waals surface area contributed by atoms with Crippen molar-refractivity contribution in [1.29, 1.82) is 0 Å². The number of sulfonamides is 1. The fourth-order valence-corrected chi connectivity index (χ4v) is 6.52. The lowest BCUT2D eigenvalue weighted by molar-refractivity contribution is 0.0441. The number of benzene rings is 3. The van der Waals surface area contributed by atoms with Crippen molar-refractivity contribution < 1.29 is 18.0 Å². The summed E-state index contributed by atoms with van der Waals surface area (Å²) in [5, 5.41) is 1.96. The average molecular weight is 479 g/mol. The molecular formula is C27H30N2O4S. The Hall–Kier alpha value is -3.03. The zero-order chi connectivity index (χ0) is 24.1. The van der Waals surface area contributed by atoms with Gasteiger partial charge in [-0.15, -0.1) is 0 Å². The molecule has 34 heavy (non-hydrogen) atoms. The average Bonchev–Trinajstić information content (AvgIpc) is 2.84. The molecule has 3 aromatic carbocycles. The Bertz CT molecular complexity index is 1310. The second kappa shape index (κ2) is 8.32. The van der Waals surface area contributed by atoms with Crippen LogP contribution in [0.25, 0.3) is 0 Å². The quantitative estimate of drug-likeness (QED) is 0.513. The Morgan fingerprint density at radius 1 is 1.06 bits per heavy atom. The van der Waals surface area contributed by atoms with Crippen LogP contribution in [0.2, 0.25) is 0 Å². The third kappa shape index (κ3) is 3.63. The number of ether oxygens (including phenoxy) is 1. The first-order valence-electron chi connectivity index (χ1n) is 11.4. The SMILES string of the molecule is CON1c2ccc(CS(=O)(=O)N(C)c3ccccc3)cc2C(C)(C)C2COc3ccccc3C21. The van der Waals surface area contributed by atoms with Crippen LogP contribution >= 0.6 is 0 Å². The molecule has 6 nitrogen and oxygen atoms in total. The Labute approximate surface area is 201 Å². The molecule has 178 valence electrons. The van der Waals surface area contributed by atoms with E-state index < -0.39 is 10.0 Å². The lowest BCUT2D eigenvalue weighted by Gasteiger charge is -2.52. The maximum absolute atomic E-state index is 13.2. The van der Waals surface area contributed by atoms with Crippen LogP contribution < -0.4 is 14.1 Å². The van der Waals surface area contributed by atoms with Gasteiger partial charge in [0.2, 0.25) is 10.0 Å². The van der Waals surface area contributed by atoms with Crippen molar-refractivity contribution in [1.82, 2.24) is 0 Å². The molecule has 0 aromatic heterocycles. The van der Waals surface area contributed by atoms with Gasteiger partial charge in [0.25, 0.3) is 0 Å². The summed E-state index contributed by atoms with van der Waals surface area (Å²) in [6.45, 7) is 4.98. The number of nitrogens with zero attached hydrogens (tertiary/aromatic N) is 2. The predicted octanol–water partition coefficient (Wildman–Crippen LogP) is 5.06. The number of fused-ring (bicyclic) bond motifs is 4. The summed E-state index contributed by atoms with van der Waals surface area (Å²) in [5.74, 6) is 0.938. The molecule has 0 bridgehead atoms. The van der Waals surface area contributed by atoms with Gasteiger partial charge in [0.1, 0.15) is 5.75 Å². The Kier molecular flexibility index (Phi) is 5.57. The molecule has 0 N–H and O–H groups in total. The highest BCUT2D eigenvalue weighted by atomic mass is 32.2. The second-order valence-corrected chi connectivity index (χ2v) is 11.5. The summed E-state index contributed by atoms with van der Waals surface area (Å²) in [5.41, 5.74) is 4.27. The lowest BCUT2D eigenvalue weighted by Crippen LogP contribution is -2.51. The van der Waals surface area contributed by atoms with Crippen LogP contribution in [-0.2, 0) is 26.0 Å². The van der Waals surface area contributed by atoms with E-state index in [2.05, 4.69) is 19.9 Å². The van der Waals surface area contributed by atoms with Gasteiger partial charge < -0.3 is 4.74 Å². The molecule has 0 spiro atoms. The van der Waals surface area contributed by atoms with E-state index in [1.165, 1.54) is 4.31 Å². The Morgan fingerprint density at radius 3 is 2.50 bits per heavy atom. The molecule has 2 heterocycles. The van der Waals surface area contributed by atoms with Crippen molar-refractivity contribution in [2.45, 2.75) is 31.1 Å². The molecule has 0 saturated heterocycles. The molecule has 2 aliphatic heterocycles. The fraction of sp³-hybridized carbons (Fsp3) is 0.333. The molecule has 3 aromatic rings. The lowest BCUT2D eigenvalue weighted by atomic mass is 9.65. The second-order valence-electron chi connectivity index (χ2n) is 9.54. The number of para-hydroxylation sites is 2.